The molecule has 0 bridgehead atoms. The normalized spacial score (nSPS) is 17.1. The fourth-order valence-corrected chi connectivity index (χ4v) is 1.61. The zero-order valence-electron chi connectivity index (χ0n) is 8.47. The Morgan fingerprint density at radius 2 is 1.88 bits per heavy atom. The van der Waals surface area contributed by atoms with E-state index in [1.807, 2.05) is 0 Å². The molecule has 1 aliphatic carbocycles. The van der Waals surface area contributed by atoms with E-state index in [4.69, 9.17) is 5.11 Å². The lowest BCUT2D eigenvalue weighted by Crippen LogP contribution is -2.11. The van der Waals surface area contributed by atoms with Crippen LogP contribution in [0.4, 0.5) is 0 Å². The molecule has 1 aromatic carbocycles. The van der Waals surface area contributed by atoms with E-state index in [2.05, 4.69) is 0 Å². The van der Waals surface area contributed by atoms with Crippen molar-refractivity contribution >= 4 is 5.97 Å². The Morgan fingerprint density at radius 3 is 2.38 bits per heavy atom. The first kappa shape index (κ1) is 10.8. The van der Waals surface area contributed by atoms with Crippen molar-refractivity contribution in [3.05, 3.63) is 23.3 Å². The van der Waals surface area contributed by atoms with Gasteiger partial charge in [0.25, 0.3) is 0 Å². The molecular weight excluding hydrogens is 212 g/mol. The lowest BCUT2D eigenvalue weighted by Gasteiger charge is -2.11. The van der Waals surface area contributed by atoms with Crippen LogP contribution < -0.4 is 0 Å². The van der Waals surface area contributed by atoms with Crippen LogP contribution in [0.2, 0.25) is 0 Å². The number of rotatable bonds is 3. The van der Waals surface area contributed by atoms with Crippen molar-refractivity contribution in [1.29, 1.82) is 0 Å². The number of aliphatic hydroxyl groups is 1. The van der Waals surface area contributed by atoms with Gasteiger partial charge in [-0.05, 0) is 24.5 Å². The molecule has 2 rings (SSSR count). The van der Waals surface area contributed by atoms with E-state index in [0.717, 1.165) is 6.07 Å². The Kier molecular flexibility index (Phi) is 2.27. The predicted molar refractivity (Wildman–Crippen MR) is 54.6 cm³/mol. The molecule has 0 radical (unpaired) electrons. The minimum absolute atomic E-state index is 0.192. The Balaban J connectivity index is 2.37. The minimum Gasteiger partial charge on any atom is -0.508 e. The summed E-state index contributed by atoms with van der Waals surface area (Å²) in [6.45, 7) is 0. The summed E-state index contributed by atoms with van der Waals surface area (Å²) in [5, 5.41) is 37.3. The first-order valence-electron chi connectivity index (χ1n) is 4.92. The predicted octanol–water partition coefficient (Wildman–Crippen LogP) is 0.863. The van der Waals surface area contributed by atoms with Crippen LogP contribution in [0.3, 0.4) is 0 Å². The maximum atomic E-state index is 10.8. The second-order valence-electron chi connectivity index (χ2n) is 4.20. The van der Waals surface area contributed by atoms with Crippen LogP contribution in [-0.2, 0) is 6.42 Å². The summed E-state index contributed by atoms with van der Waals surface area (Å²) < 4.78 is 0. The third kappa shape index (κ3) is 1.94. The number of aromatic hydroxyl groups is 2. The molecule has 5 nitrogen and oxygen atoms in total. The zero-order valence-corrected chi connectivity index (χ0v) is 8.47. The van der Waals surface area contributed by atoms with Crippen molar-refractivity contribution < 1.29 is 25.2 Å². The van der Waals surface area contributed by atoms with E-state index in [9.17, 15) is 20.1 Å². The molecule has 1 aliphatic rings. The van der Waals surface area contributed by atoms with E-state index < -0.39 is 17.3 Å². The van der Waals surface area contributed by atoms with Gasteiger partial charge in [0.1, 0.15) is 17.1 Å². The van der Waals surface area contributed by atoms with Gasteiger partial charge in [-0.3, -0.25) is 0 Å². The number of phenolic OH excluding ortho intramolecular Hbond substituents is 1. The van der Waals surface area contributed by atoms with Crippen molar-refractivity contribution in [2.75, 3.05) is 0 Å². The highest BCUT2D eigenvalue weighted by atomic mass is 16.4. The average Bonchev–Trinajstić information content (AvgIpc) is 2.88. The Labute approximate surface area is 91.6 Å². The van der Waals surface area contributed by atoms with E-state index in [0.29, 0.717) is 18.4 Å². The Hall–Kier alpha value is -1.75. The summed E-state index contributed by atoms with van der Waals surface area (Å²) in [7, 11) is 0. The van der Waals surface area contributed by atoms with Gasteiger partial charge in [-0.1, -0.05) is 0 Å². The van der Waals surface area contributed by atoms with Gasteiger partial charge in [0.05, 0.1) is 5.60 Å². The molecule has 0 aliphatic heterocycles. The highest BCUT2D eigenvalue weighted by molar-refractivity contribution is 5.91. The Bertz CT molecular complexity index is 448. The third-order valence-corrected chi connectivity index (χ3v) is 2.77. The molecule has 0 heterocycles. The number of benzene rings is 1. The van der Waals surface area contributed by atoms with E-state index >= 15 is 0 Å². The second-order valence-corrected chi connectivity index (χ2v) is 4.20. The molecule has 4 N–H and O–H groups in total. The summed E-state index contributed by atoms with van der Waals surface area (Å²) in [5.74, 6) is -1.93. The fraction of sp³-hybridized carbons (Fsp3) is 0.364. The highest BCUT2D eigenvalue weighted by Gasteiger charge is 2.41. The van der Waals surface area contributed by atoms with Crippen LogP contribution in [0.25, 0.3) is 0 Å². The summed E-state index contributed by atoms with van der Waals surface area (Å²) in [5.41, 5.74) is -0.739. The maximum Gasteiger partial charge on any atom is 0.339 e. The molecule has 16 heavy (non-hydrogen) atoms. The topological polar surface area (TPSA) is 98.0 Å². The van der Waals surface area contributed by atoms with Crippen LogP contribution in [0.15, 0.2) is 12.1 Å². The number of aromatic carboxylic acids is 1. The van der Waals surface area contributed by atoms with Crippen LogP contribution >= 0.6 is 0 Å². The third-order valence-electron chi connectivity index (χ3n) is 2.77. The zero-order chi connectivity index (χ0) is 11.9. The van der Waals surface area contributed by atoms with E-state index in [1.54, 1.807) is 0 Å². The maximum absolute atomic E-state index is 10.8. The van der Waals surface area contributed by atoms with E-state index in [-0.39, 0.29) is 17.7 Å². The van der Waals surface area contributed by atoms with Gasteiger partial charge < -0.3 is 20.4 Å². The molecule has 0 atom stereocenters. The van der Waals surface area contributed by atoms with Gasteiger partial charge in [0, 0.05) is 12.5 Å². The first-order chi connectivity index (χ1) is 7.41. The number of carboxylic acid groups (broad SMARTS) is 1. The minimum atomic E-state index is -1.26. The monoisotopic (exact) mass is 224 g/mol. The fourth-order valence-electron chi connectivity index (χ4n) is 1.61. The van der Waals surface area contributed by atoms with Crippen LogP contribution in [-0.4, -0.2) is 32.0 Å². The van der Waals surface area contributed by atoms with Gasteiger partial charge >= 0.3 is 5.97 Å². The van der Waals surface area contributed by atoms with Crippen LogP contribution in [0.1, 0.15) is 28.8 Å². The summed E-state index contributed by atoms with van der Waals surface area (Å²) in [4.78, 5) is 10.8. The molecular formula is C11H12O5. The number of phenols is 2. The van der Waals surface area contributed by atoms with E-state index in [1.165, 1.54) is 6.07 Å². The van der Waals surface area contributed by atoms with Crippen molar-refractivity contribution in [3.8, 4) is 11.5 Å². The second kappa shape index (κ2) is 3.38. The molecule has 5 heteroatoms. The molecule has 0 aromatic heterocycles. The number of carbonyl (C=O) groups is 1. The van der Waals surface area contributed by atoms with Gasteiger partial charge in [0.2, 0.25) is 0 Å². The van der Waals surface area contributed by atoms with Crippen molar-refractivity contribution in [1.82, 2.24) is 0 Å². The quantitative estimate of drug-likeness (QED) is 0.610. The molecule has 86 valence electrons. The van der Waals surface area contributed by atoms with Gasteiger partial charge in [-0.15, -0.1) is 0 Å². The summed E-state index contributed by atoms with van der Waals surface area (Å²) in [6, 6.07) is 2.19. The Morgan fingerprint density at radius 1 is 1.25 bits per heavy atom. The number of hydrogen-bond acceptors (Lipinski definition) is 4. The standard InChI is InChI=1S/C11H12O5/c12-8-4-9(13)7(10(14)15)3-6(8)5-11(16)1-2-11/h3-4,12-13,16H,1-2,5H2,(H,14,15). The van der Waals surface area contributed by atoms with Crippen molar-refractivity contribution in [2.24, 2.45) is 0 Å². The largest absolute Gasteiger partial charge is 0.508 e. The lowest BCUT2D eigenvalue weighted by atomic mass is 10.0. The lowest BCUT2D eigenvalue weighted by molar-refractivity contribution is 0.0693. The van der Waals surface area contributed by atoms with Gasteiger partial charge in [-0.25, -0.2) is 4.79 Å². The van der Waals surface area contributed by atoms with Crippen LogP contribution in [0.5, 0.6) is 11.5 Å². The average molecular weight is 224 g/mol. The van der Waals surface area contributed by atoms with Crippen LogP contribution in [0, 0.1) is 0 Å². The smallest absolute Gasteiger partial charge is 0.339 e. The number of hydrogen-bond donors (Lipinski definition) is 4. The number of carboxylic acids is 1. The molecule has 0 amide bonds. The molecule has 0 spiro atoms. The van der Waals surface area contributed by atoms with Crippen molar-refractivity contribution in [2.45, 2.75) is 24.9 Å². The van der Waals surface area contributed by atoms with Crippen molar-refractivity contribution in [3.63, 3.8) is 0 Å². The SMILES string of the molecule is O=C(O)c1cc(CC2(O)CC2)c(O)cc1O. The molecule has 0 unspecified atom stereocenters. The molecule has 1 saturated carbocycles. The summed E-state index contributed by atoms with van der Waals surface area (Å²) >= 11 is 0. The van der Waals surface area contributed by atoms with Gasteiger partial charge in [-0.2, -0.15) is 0 Å². The molecule has 0 saturated heterocycles. The van der Waals surface area contributed by atoms with Gasteiger partial charge in [0.15, 0.2) is 0 Å². The highest BCUT2D eigenvalue weighted by Crippen LogP contribution is 2.41. The molecule has 1 aromatic rings. The molecule has 1 fully saturated rings. The first-order valence-corrected chi connectivity index (χ1v) is 4.92. The summed E-state index contributed by atoms with van der Waals surface area (Å²) in [6.07, 6.45) is 1.50.